The molecule has 0 saturated carbocycles. The summed E-state index contributed by atoms with van der Waals surface area (Å²) in [6.45, 7) is 0. The minimum atomic E-state index is -0.741. The molecule has 0 fully saturated rings. The molecule has 2 aromatic carbocycles. The molecular weight excluding hydrogens is 294 g/mol. The summed E-state index contributed by atoms with van der Waals surface area (Å²) < 4.78 is 5.07. The number of hydrogen-bond donors (Lipinski definition) is 2. The van der Waals surface area contributed by atoms with E-state index in [9.17, 15) is 9.59 Å². The largest absolute Gasteiger partial charge is 0.497 e. The smallest absolute Gasteiger partial charge is 0.314 e. The zero-order valence-electron chi connectivity index (χ0n) is 13.3. The number of anilines is 3. The number of rotatable bonds is 4. The van der Waals surface area contributed by atoms with Gasteiger partial charge in [0.1, 0.15) is 5.75 Å². The van der Waals surface area contributed by atoms with Gasteiger partial charge in [0.05, 0.1) is 7.11 Å². The molecule has 6 nitrogen and oxygen atoms in total. The van der Waals surface area contributed by atoms with E-state index in [0.29, 0.717) is 17.1 Å². The van der Waals surface area contributed by atoms with Crippen LogP contribution in [-0.4, -0.2) is 33.0 Å². The Bertz CT molecular complexity index is 696. The average molecular weight is 313 g/mol. The summed E-state index contributed by atoms with van der Waals surface area (Å²) in [7, 11) is 5.38. The minimum absolute atomic E-state index is 0.493. The standard InChI is InChI=1S/C17H19N3O3/c1-20(2)14-9-7-12(8-10-14)18-16(21)17(22)19-13-5-4-6-15(11-13)23-3/h4-11H,1-3H3,(H,18,21)(H,19,22). The van der Waals surface area contributed by atoms with E-state index in [1.165, 1.54) is 7.11 Å². The fourth-order valence-corrected chi connectivity index (χ4v) is 1.92. The van der Waals surface area contributed by atoms with Gasteiger partial charge >= 0.3 is 11.8 Å². The SMILES string of the molecule is COc1cccc(NC(=O)C(=O)Nc2ccc(N(C)C)cc2)c1. The second-order valence-electron chi connectivity index (χ2n) is 5.08. The second kappa shape index (κ2) is 7.31. The Morgan fingerprint density at radius 1 is 0.913 bits per heavy atom. The Labute approximate surface area is 135 Å². The van der Waals surface area contributed by atoms with Crippen LogP contribution in [-0.2, 0) is 9.59 Å². The topological polar surface area (TPSA) is 70.7 Å². The molecule has 0 heterocycles. The van der Waals surface area contributed by atoms with Crippen LogP contribution in [0.25, 0.3) is 0 Å². The summed E-state index contributed by atoms with van der Waals surface area (Å²) in [5.41, 5.74) is 2.05. The van der Waals surface area contributed by atoms with Crippen molar-refractivity contribution in [2.75, 3.05) is 36.7 Å². The molecule has 0 unspecified atom stereocenters. The Hall–Kier alpha value is -3.02. The van der Waals surface area contributed by atoms with E-state index < -0.39 is 11.8 Å². The van der Waals surface area contributed by atoms with Crippen LogP contribution < -0.4 is 20.3 Å². The van der Waals surface area contributed by atoms with Gasteiger partial charge in [0.2, 0.25) is 0 Å². The summed E-state index contributed by atoms with van der Waals surface area (Å²) >= 11 is 0. The number of carbonyl (C=O) groups is 2. The zero-order chi connectivity index (χ0) is 16.8. The molecule has 2 rings (SSSR count). The highest BCUT2D eigenvalue weighted by molar-refractivity contribution is 6.43. The molecule has 0 bridgehead atoms. The first-order chi connectivity index (χ1) is 11.0. The highest BCUT2D eigenvalue weighted by Gasteiger charge is 2.14. The predicted molar refractivity (Wildman–Crippen MR) is 91.0 cm³/mol. The molecule has 0 atom stereocenters. The number of methoxy groups -OCH3 is 1. The lowest BCUT2D eigenvalue weighted by atomic mass is 10.2. The van der Waals surface area contributed by atoms with Gasteiger partial charge in [-0.1, -0.05) is 6.07 Å². The monoisotopic (exact) mass is 313 g/mol. The quantitative estimate of drug-likeness (QED) is 0.850. The van der Waals surface area contributed by atoms with Gasteiger partial charge < -0.3 is 20.3 Å². The van der Waals surface area contributed by atoms with Gasteiger partial charge in [0, 0.05) is 37.2 Å². The molecule has 0 aliphatic rings. The maximum absolute atomic E-state index is 11.9. The molecular formula is C17H19N3O3. The van der Waals surface area contributed by atoms with Gasteiger partial charge in [-0.05, 0) is 36.4 Å². The molecule has 0 aliphatic carbocycles. The van der Waals surface area contributed by atoms with E-state index in [4.69, 9.17) is 4.74 Å². The molecule has 0 spiro atoms. The molecule has 120 valence electrons. The summed E-state index contributed by atoms with van der Waals surface area (Å²) in [5, 5.41) is 5.08. The summed E-state index contributed by atoms with van der Waals surface area (Å²) in [4.78, 5) is 25.8. The van der Waals surface area contributed by atoms with Crippen LogP contribution in [0.2, 0.25) is 0 Å². The Morgan fingerprint density at radius 3 is 2.09 bits per heavy atom. The van der Waals surface area contributed by atoms with E-state index in [2.05, 4.69) is 10.6 Å². The van der Waals surface area contributed by atoms with Crippen molar-refractivity contribution in [2.45, 2.75) is 0 Å². The summed E-state index contributed by atoms with van der Waals surface area (Å²) in [6, 6.07) is 14.0. The van der Waals surface area contributed by atoms with Crippen LogP contribution in [0.1, 0.15) is 0 Å². The number of amides is 2. The van der Waals surface area contributed by atoms with E-state index in [1.807, 2.05) is 31.1 Å². The van der Waals surface area contributed by atoms with Crippen LogP contribution >= 0.6 is 0 Å². The van der Waals surface area contributed by atoms with Crippen molar-refractivity contribution >= 4 is 28.9 Å². The first-order valence-corrected chi connectivity index (χ1v) is 7.03. The van der Waals surface area contributed by atoms with Gasteiger partial charge in [0.15, 0.2) is 0 Å². The predicted octanol–water partition coefficient (Wildman–Crippen LogP) is 2.34. The summed E-state index contributed by atoms with van der Waals surface area (Å²) in [5.74, 6) is -0.872. The lowest BCUT2D eigenvalue weighted by Gasteiger charge is -2.13. The van der Waals surface area contributed by atoms with E-state index in [-0.39, 0.29) is 0 Å². The lowest BCUT2D eigenvalue weighted by molar-refractivity contribution is -0.132. The maximum atomic E-state index is 11.9. The molecule has 0 radical (unpaired) electrons. The second-order valence-corrected chi connectivity index (χ2v) is 5.08. The van der Waals surface area contributed by atoms with Gasteiger partial charge in [-0.3, -0.25) is 9.59 Å². The number of carbonyl (C=O) groups excluding carboxylic acids is 2. The molecule has 0 saturated heterocycles. The number of ether oxygens (including phenoxy) is 1. The molecule has 2 aromatic rings. The van der Waals surface area contributed by atoms with Crippen molar-refractivity contribution in [3.63, 3.8) is 0 Å². The highest BCUT2D eigenvalue weighted by atomic mass is 16.5. The Kier molecular flexibility index (Phi) is 5.19. The molecule has 23 heavy (non-hydrogen) atoms. The first-order valence-electron chi connectivity index (χ1n) is 7.03. The van der Waals surface area contributed by atoms with E-state index in [1.54, 1.807) is 36.4 Å². The third kappa shape index (κ3) is 4.47. The number of nitrogens with one attached hydrogen (secondary N) is 2. The molecule has 2 N–H and O–H groups in total. The number of benzene rings is 2. The van der Waals surface area contributed by atoms with Crippen molar-refractivity contribution in [2.24, 2.45) is 0 Å². The van der Waals surface area contributed by atoms with Gasteiger partial charge in [-0.2, -0.15) is 0 Å². The number of nitrogens with zero attached hydrogens (tertiary/aromatic N) is 1. The van der Waals surface area contributed by atoms with Crippen LogP contribution in [0.3, 0.4) is 0 Å². The first kappa shape index (κ1) is 16.4. The molecule has 6 heteroatoms. The van der Waals surface area contributed by atoms with Crippen LogP contribution in [0.4, 0.5) is 17.1 Å². The Balaban J connectivity index is 1.98. The van der Waals surface area contributed by atoms with Gasteiger partial charge in [-0.15, -0.1) is 0 Å². The van der Waals surface area contributed by atoms with E-state index in [0.717, 1.165) is 5.69 Å². The third-order valence-electron chi connectivity index (χ3n) is 3.18. The number of hydrogen-bond acceptors (Lipinski definition) is 4. The molecule has 0 aromatic heterocycles. The average Bonchev–Trinajstić information content (AvgIpc) is 2.55. The van der Waals surface area contributed by atoms with Crippen LogP contribution in [0.15, 0.2) is 48.5 Å². The summed E-state index contributed by atoms with van der Waals surface area (Å²) in [6.07, 6.45) is 0. The highest BCUT2D eigenvalue weighted by Crippen LogP contribution is 2.17. The van der Waals surface area contributed by atoms with Crippen LogP contribution in [0, 0.1) is 0 Å². The fraction of sp³-hybridized carbons (Fsp3) is 0.176. The van der Waals surface area contributed by atoms with Crippen molar-refractivity contribution in [1.82, 2.24) is 0 Å². The van der Waals surface area contributed by atoms with Crippen molar-refractivity contribution < 1.29 is 14.3 Å². The third-order valence-corrected chi connectivity index (χ3v) is 3.18. The van der Waals surface area contributed by atoms with Crippen molar-refractivity contribution in [3.8, 4) is 5.75 Å². The van der Waals surface area contributed by atoms with Gasteiger partial charge in [0.25, 0.3) is 0 Å². The normalized spacial score (nSPS) is 9.87. The minimum Gasteiger partial charge on any atom is -0.497 e. The van der Waals surface area contributed by atoms with Crippen molar-refractivity contribution in [1.29, 1.82) is 0 Å². The van der Waals surface area contributed by atoms with E-state index >= 15 is 0 Å². The van der Waals surface area contributed by atoms with Crippen LogP contribution in [0.5, 0.6) is 5.75 Å². The van der Waals surface area contributed by atoms with Gasteiger partial charge in [-0.25, -0.2) is 0 Å². The zero-order valence-corrected chi connectivity index (χ0v) is 13.3. The molecule has 2 amide bonds. The van der Waals surface area contributed by atoms with Crippen molar-refractivity contribution in [3.05, 3.63) is 48.5 Å². The lowest BCUT2D eigenvalue weighted by Crippen LogP contribution is -2.29. The Morgan fingerprint density at radius 2 is 1.52 bits per heavy atom. The molecule has 0 aliphatic heterocycles. The maximum Gasteiger partial charge on any atom is 0.314 e. The fourth-order valence-electron chi connectivity index (χ4n) is 1.92.